The summed E-state index contributed by atoms with van der Waals surface area (Å²) in [5.41, 5.74) is 2.51. The summed E-state index contributed by atoms with van der Waals surface area (Å²) in [7, 11) is -4.57. The molecule has 1 fully saturated rings. The summed E-state index contributed by atoms with van der Waals surface area (Å²) in [6.45, 7) is 0.216. The fraction of sp³-hybridized carbons (Fsp3) is 0.235. The van der Waals surface area contributed by atoms with E-state index in [1.54, 1.807) is 12.1 Å². The molecule has 2 aromatic carbocycles. The number of amides is 1. The van der Waals surface area contributed by atoms with Crippen molar-refractivity contribution < 1.29 is 17.1 Å². The molecular formula is C17H17FN2O3S. The van der Waals surface area contributed by atoms with Crippen LogP contribution >= 0.6 is 0 Å². The molecule has 0 bridgehead atoms. The lowest BCUT2D eigenvalue weighted by Gasteiger charge is -2.17. The minimum absolute atomic E-state index is 0.0488. The molecule has 1 aliphatic heterocycles. The van der Waals surface area contributed by atoms with Gasteiger partial charge in [-0.3, -0.25) is 4.79 Å². The van der Waals surface area contributed by atoms with Gasteiger partial charge in [-0.15, -0.1) is 3.89 Å². The molecule has 0 aromatic heterocycles. The molecule has 1 N–H and O–H groups in total. The smallest absolute Gasteiger partial charge is 0.302 e. The van der Waals surface area contributed by atoms with Crippen LogP contribution in [0, 0.1) is 5.92 Å². The van der Waals surface area contributed by atoms with Crippen molar-refractivity contribution in [3.63, 3.8) is 0 Å². The minimum Gasteiger partial charge on any atom is -0.356 e. The molecule has 0 spiro atoms. The Balaban J connectivity index is 1.68. The first kappa shape index (κ1) is 16.4. The number of nitrogens with one attached hydrogen (secondary N) is 1. The fourth-order valence-electron chi connectivity index (χ4n) is 2.84. The molecule has 0 saturated carbocycles. The number of nitrogens with zero attached hydrogens (tertiary/aromatic N) is 1. The molecule has 1 saturated heterocycles. The topological polar surface area (TPSA) is 66.5 Å². The zero-order valence-corrected chi connectivity index (χ0v) is 13.7. The lowest BCUT2D eigenvalue weighted by Crippen LogP contribution is -2.25. The molecule has 7 heteroatoms. The van der Waals surface area contributed by atoms with Gasteiger partial charge in [0, 0.05) is 35.9 Å². The Kier molecular flexibility index (Phi) is 4.53. The highest BCUT2D eigenvalue weighted by atomic mass is 32.3. The molecule has 1 heterocycles. The van der Waals surface area contributed by atoms with Crippen LogP contribution in [0.15, 0.2) is 54.6 Å². The summed E-state index contributed by atoms with van der Waals surface area (Å²) in [6.07, 6.45) is 0.0488. The van der Waals surface area contributed by atoms with Crippen molar-refractivity contribution in [1.29, 1.82) is 0 Å². The van der Waals surface area contributed by atoms with Gasteiger partial charge in [-0.1, -0.05) is 18.2 Å². The molecule has 1 amide bonds. The predicted octanol–water partition coefficient (Wildman–Crippen LogP) is 3.08. The quantitative estimate of drug-likeness (QED) is 0.843. The Bertz CT molecular complexity index is 823. The number of halogens is 1. The predicted molar refractivity (Wildman–Crippen MR) is 91.5 cm³/mol. The average molecular weight is 348 g/mol. The normalized spacial score (nSPS) is 18.0. The molecular weight excluding hydrogens is 331 g/mol. The van der Waals surface area contributed by atoms with Crippen LogP contribution in [0.3, 0.4) is 0 Å². The van der Waals surface area contributed by atoms with Crippen molar-refractivity contribution in [2.24, 2.45) is 5.92 Å². The van der Waals surface area contributed by atoms with Crippen molar-refractivity contribution in [2.45, 2.75) is 6.42 Å². The van der Waals surface area contributed by atoms with Gasteiger partial charge < -0.3 is 10.2 Å². The van der Waals surface area contributed by atoms with E-state index < -0.39 is 21.9 Å². The Morgan fingerprint density at radius 1 is 1.04 bits per heavy atom. The molecule has 24 heavy (non-hydrogen) atoms. The number of anilines is 3. The zero-order chi connectivity index (χ0) is 17.2. The van der Waals surface area contributed by atoms with Crippen molar-refractivity contribution >= 4 is 33.2 Å². The third-order valence-corrected chi connectivity index (χ3v) is 4.75. The molecule has 1 unspecified atom stereocenters. The number of benzene rings is 2. The van der Waals surface area contributed by atoms with E-state index in [0.717, 1.165) is 11.4 Å². The number of para-hydroxylation sites is 1. The van der Waals surface area contributed by atoms with Gasteiger partial charge in [0.05, 0.1) is 5.75 Å². The maximum Gasteiger partial charge on any atom is 0.302 e. The van der Waals surface area contributed by atoms with Gasteiger partial charge in [-0.05, 0) is 36.4 Å². The van der Waals surface area contributed by atoms with E-state index in [0.29, 0.717) is 5.69 Å². The summed E-state index contributed by atoms with van der Waals surface area (Å²) in [4.78, 5) is 13.5. The molecule has 2 aromatic rings. The van der Waals surface area contributed by atoms with Crippen molar-refractivity contribution in [2.75, 3.05) is 22.5 Å². The first-order valence-corrected chi connectivity index (χ1v) is 9.11. The number of hydrogen-bond donors (Lipinski definition) is 1. The molecule has 0 radical (unpaired) electrons. The number of carbonyl (C=O) groups is 1. The summed E-state index contributed by atoms with van der Waals surface area (Å²) < 4.78 is 34.3. The SMILES string of the molecule is O=C1CC(CS(=O)(=O)F)CN1c1ccc(Nc2ccccc2)cc1. The van der Waals surface area contributed by atoms with Crippen molar-refractivity contribution in [3.05, 3.63) is 54.6 Å². The Morgan fingerprint density at radius 2 is 1.67 bits per heavy atom. The van der Waals surface area contributed by atoms with Crippen LogP contribution in [0.25, 0.3) is 0 Å². The first-order chi connectivity index (χ1) is 11.4. The molecule has 0 aliphatic carbocycles. The summed E-state index contributed by atoms with van der Waals surface area (Å²) in [5.74, 6) is -1.30. The van der Waals surface area contributed by atoms with E-state index in [1.807, 2.05) is 42.5 Å². The van der Waals surface area contributed by atoms with Gasteiger partial charge in [0.2, 0.25) is 5.91 Å². The van der Waals surface area contributed by atoms with E-state index in [1.165, 1.54) is 4.90 Å². The van der Waals surface area contributed by atoms with Gasteiger partial charge in [0.15, 0.2) is 0 Å². The van der Waals surface area contributed by atoms with E-state index in [-0.39, 0.29) is 18.9 Å². The average Bonchev–Trinajstić information content (AvgIpc) is 2.87. The third kappa shape index (κ3) is 4.11. The zero-order valence-electron chi connectivity index (χ0n) is 12.9. The van der Waals surface area contributed by atoms with Crippen LogP contribution < -0.4 is 10.2 Å². The number of rotatable bonds is 5. The van der Waals surface area contributed by atoms with Gasteiger partial charge in [-0.25, -0.2) is 0 Å². The Hall–Kier alpha value is -2.41. The second-order valence-electron chi connectivity index (χ2n) is 5.82. The lowest BCUT2D eigenvalue weighted by atomic mass is 10.1. The summed E-state index contributed by atoms with van der Waals surface area (Å²) >= 11 is 0. The second-order valence-corrected chi connectivity index (χ2v) is 7.23. The maximum absolute atomic E-state index is 12.8. The first-order valence-electron chi connectivity index (χ1n) is 7.55. The van der Waals surface area contributed by atoms with Gasteiger partial charge in [0.25, 0.3) is 0 Å². The minimum atomic E-state index is -4.57. The highest BCUT2D eigenvalue weighted by molar-refractivity contribution is 7.86. The second kappa shape index (κ2) is 6.60. The van der Waals surface area contributed by atoms with E-state index in [4.69, 9.17) is 0 Å². The fourth-order valence-corrected chi connectivity index (χ4v) is 3.62. The number of carbonyl (C=O) groups excluding carboxylic acids is 1. The molecule has 126 valence electrons. The van der Waals surface area contributed by atoms with Crippen LogP contribution in [-0.4, -0.2) is 26.6 Å². The van der Waals surface area contributed by atoms with E-state index in [2.05, 4.69) is 5.32 Å². The monoisotopic (exact) mass is 348 g/mol. The van der Waals surface area contributed by atoms with Crippen LogP contribution in [0.1, 0.15) is 6.42 Å². The maximum atomic E-state index is 12.8. The molecule has 3 rings (SSSR count). The summed E-state index contributed by atoms with van der Waals surface area (Å²) in [6, 6.07) is 16.9. The van der Waals surface area contributed by atoms with E-state index in [9.17, 15) is 17.1 Å². The van der Waals surface area contributed by atoms with Crippen LogP contribution in [0.5, 0.6) is 0 Å². The van der Waals surface area contributed by atoms with Crippen LogP contribution in [-0.2, 0) is 15.0 Å². The highest BCUT2D eigenvalue weighted by Crippen LogP contribution is 2.28. The number of hydrogen-bond acceptors (Lipinski definition) is 4. The van der Waals surface area contributed by atoms with Gasteiger partial charge in [-0.2, -0.15) is 8.42 Å². The Labute approximate surface area is 140 Å². The Morgan fingerprint density at radius 3 is 2.29 bits per heavy atom. The lowest BCUT2D eigenvalue weighted by molar-refractivity contribution is -0.117. The van der Waals surface area contributed by atoms with Gasteiger partial charge >= 0.3 is 10.2 Å². The summed E-state index contributed by atoms with van der Waals surface area (Å²) in [5, 5.41) is 3.24. The van der Waals surface area contributed by atoms with E-state index >= 15 is 0 Å². The molecule has 1 atom stereocenters. The molecule has 5 nitrogen and oxygen atoms in total. The third-order valence-electron chi connectivity index (χ3n) is 3.88. The van der Waals surface area contributed by atoms with Crippen LogP contribution in [0.2, 0.25) is 0 Å². The highest BCUT2D eigenvalue weighted by Gasteiger charge is 2.33. The van der Waals surface area contributed by atoms with Crippen LogP contribution in [0.4, 0.5) is 20.9 Å². The van der Waals surface area contributed by atoms with Gasteiger partial charge in [0.1, 0.15) is 0 Å². The van der Waals surface area contributed by atoms with Crippen molar-refractivity contribution in [3.8, 4) is 0 Å². The largest absolute Gasteiger partial charge is 0.356 e. The van der Waals surface area contributed by atoms with Crippen molar-refractivity contribution in [1.82, 2.24) is 0 Å². The standard InChI is InChI=1S/C17H17FN2O3S/c18-24(22,23)12-13-10-17(21)20(11-13)16-8-6-15(7-9-16)19-14-4-2-1-3-5-14/h1-9,13,19H,10-12H2. The molecule has 1 aliphatic rings.